The second kappa shape index (κ2) is 5.34. The molecule has 4 aromatic rings. The van der Waals surface area contributed by atoms with Gasteiger partial charge in [-0.25, -0.2) is 8.78 Å². The molecule has 0 aliphatic heterocycles. The van der Waals surface area contributed by atoms with E-state index in [1.165, 1.54) is 22.9 Å². The average Bonchev–Trinajstić information content (AvgIpc) is 3.25. The van der Waals surface area contributed by atoms with Gasteiger partial charge in [-0.2, -0.15) is 5.21 Å². The molecule has 1 N–H and O–H groups in total. The van der Waals surface area contributed by atoms with Crippen LogP contribution in [0.2, 0.25) is 0 Å². The van der Waals surface area contributed by atoms with Gasteiger partial charge < -0.3 is 0 Å². The van der Waals surface area contributed by atoms with Crippen LogP contribution in [0.3, 0.4) is 0 Å². The van der Waals surface area contributed by atoms with Crippen LogP contribution >= 0.6 is 0 Å². The van der Waals surface area contributed by atoms with E-state index in [0.717, 1.165) is 17.0 Å². The zero-order valence-corrected chi connectivity index (χ0v) is 12.1. The lowest BCUT2D eigenvalue weighted by atomic mass is 10.1. The van der Waals surface area contributed by atoms with E-state index >= 15 is 0 Å². The minimum Gasteiger partial charge on any atom is -0.283 e. The lowest BCUT2D eigenvalue weighted by Gasteiger charge is -2.06. The molecule has 0 spiro atoms. The van der Waals surface area contributed by atoms with Gasteiger partial charge in [-0.15, -0.1) is 10.2 Å². The van der Waals surface area contributed by atoms with E-state index in [9.17, 15) is 13.6 Å². The van der Waals surface area contributed by atoms with Gasteiger partial charge in [-0.05, 0) is 41.6 Å². The van der Waals surface area contributed by atoms with Crippen molar-refractivity contribution in [1.29, 1.82) is 0 Å². The molecule has 0 saturated carbocycles. The van der Waals surface area contributed by atoms with Crippen molar-refractivity contribution in [3.63, 3.8) is 0 Å². The normalized spacial score (nSPS) is 11.1. The van der Waals surface area contributed by atoms with E-state index in [2.05, 4.69) is 20.6 Å². The Labute approximate surface area is 133 Å². The number of tetrazole rings is 1. The fourth-order valence-corrected chi connectivity index (χ4v) is 2.54. The lowest BCUT2D eigenvalue weighted by molar-refractivity contribution is 0.0960. The Bertz CT molecular complexity index is 1060. The van der Waals surface area contributed by atoms with Crippen LogP contribution in [-0.2, 0) is 0 Å². The molecular weight excluding hydrogens is 316 g/mol. The Morgan fingerprint density at radius 2 is 2.00 bits per heavy atom. The van der Waals surface area contributed by atoms with Crippen LogP contribution in [-0.4, -0.2) is 31.1 Å². The third kappa shape index (κ3) is 2.16. The molecule has 2 aromatic carbocycles. The number of nitrogens with zero attached hydrogens (tertiary/aromatic N) is 4. The summed E-state index contributed by atoms with van der Waals surface area (Å²) in [4.78, 5) is 12.5. The number of H-pyrrole nitrogens is 1. The quantitative estimate of drug-likeness (QED) is 0.615. The van der Waals surface area contributed by atoms with Crippen LogP contribution in [0.1, 0.15) is 10.4 Å². The van der Waals surface area contributed by atoms with Gasteiger partial charge in [0.2, 0.25) is 5.82 Å². The van der Waals surface area contributed by atoms with Crippen LogP contribution in [0.4, 0.5) is 8.78 Å². The molecule has 0 atom stereocenters. The van der Waals surface area contributed by atoms with Gasteiger partial charge in [-0.3, -0.25) is 9.36 Å². The van der Waals surface area contributed by atoms with E-state index in [4.69, 9.17) is 0 Å². The van der Waals surface area contributed by atoms with Crippen molar-refractivity contribution in [2.45, 2.75) is 0 Å². The maximum Gasteiger partial charge on any atom is 0.265 e. The monoisotopic (exact) mass is 325 g/mol. The van der Waals surface area contributed by atoms with Crippen LogP contribution in [0.15, 0.2) is 48.7 Å². The van der Waals surface area contributed by atoms with Crippen LogP contribution in [0.25, 0.3) is 22.3 Å². The highest BCUT2D eigenvalue weighted by atomic mass is 19.2. The zero-order chi connectivity index (χ0) is 16.7. The van der Waals surface area contributed by atoms with Gasteiger partial charge in [0.25, 0.3) is 5.91 Å². The fourth-order valence-electron chi connectivity index (χ4n) is 2.54. The molecule has 8 heteroatoms. The molecule has 0 amide bonds. The molecule has 0 aliphatic rings. The number of carbonyl (C=O) groups is 1. The van der Waals surface area contributed by atoms with Gasteiger partial charge >= 0.3 is 0 Å². The molecule has 24 heavy (non-hydrogen) atoms. The smallest absolute Gasteiger partial charge is 0.265 e. The van der Waals surface area contributed by atoms with Crippen LogP contribution < -0.4 is 0 Å². The van der Waals surface area contributed by atoms with E-state index in [1.54, 1.807) is 24.3 Å². The summed E-state index contributed by atoms with van der Waals surface area (Å²) < 4.78 is 28.5. The molecule has 0 aliphatic carbocycles. The van der Waals surface area contributed by atoms with E-state index in [0.29, 0.717) is 11.3 Å². The maximum atomic E-state index is 13.9. The van der Waals surface area contributed by atoms with Crippen molar-refractivity contribution in [3.05, 3.63) is 65.9 Å². The number of aromatic amines is 1. The molecule has 0 saturated heterocycles. The van der Waals surface area contributed by atoms with Crippen molar-refractivity contribution < 1.29 is 13.6 Å². The molecule has 6 nitrogen and oxygen atoms in total. The first-order chi connectivity index (χ1) is 11.6. The van der Waals surface area contributed by atoms with Crippen molar-refractivity contribution in [3.8, 4) is 11.4 Å². The zero-order valence-electron chi connectivity index (χ0n) is 12.1. The highest BCUT2D eigenvalue weighted by Gasteiger charge is 2.18. The summed E-state index contributed by atoms with van der Waals surface area (Å²) in [6.45, 7) is 0. The predicted molar refractivity (Wildman–Crippen MR) is 81.2 cm³/mol. The minimum absolute atomic E-state index is 0.324. The molecule has 2 aromatic heterocycles. The highest BCUT2D eigenvalue weighted by molar-refractivity contribution is 6.02. The first-order valence-electron chi connectivity index (χ1n) is 6.99. The number of hydrogen-bond acceptors (Lipinski definition) is 4. The second-order valence-corrected chi connectivity index (χ2v) is 5.10. The lowest BCUT2D eigenvalue weighted by Crippen LogP contribution is -2.13. The largest absolute Gasteiger partial charge is 0.283 e. The molecular formula is C16H9F2N5O. The molecule has 4 rings (SSSR count). The van der Waals surface area contributed by atoms with Gasteiger partial charge in [0.1, 0.15) is 0 Å². The molecule has 0 bridgehead atoms. The Hall–Kier alpha value is -3.42. The van der Waals surface area contributed by atoms with Crippen molar-refractivity contribution in [2.75, 3.05) is 0 Å². The average molecular weight is 325 g/mol. The fraction of sp³-hybridized carbons (Fsp3) is 0. The third-order valence-corrected chi connectivity index (χ3v) is 3.69. The number of hydrogen-bond donors (Lipinski definition) is 1. The number of fused-ring (bicyclic) bond motifs is 1. The summed E-state index contributed by atoms with van der Waals surface area (Å²) in [5, 5.41) is 14.4. The van der Waals surface area contributed by atoms with Crippen molar-refractivity contribution in [2.24, 2.45) is 0 Å². The number of carbonyl (C=O) groups excluding carboxylic acids is 1. The van der Waals surface area contributed by atoms with Crippen molar-refractivity contribution >= 4 is 16.8 Å². The Kier molecular flexibility index (Phi) is 3.16. The van der Waals surface area contributed by atoms with Gasteiger partial charge in [-0.1, -0.05) is 6.07 Å². The maximum absolute atomic E-state index is 13.9. The number of rotatable bonds is 2. The highest BCUT2D eigenvalue weighted by Crippen LogP contribution is 2.24. The first-order valence-corrected chi connectivity index (χ1v) is 6.99. The van der Waals surface area contributed by atoms with Gasteiger partial charge in [0.05, 0.1) is 11.1 Å². The SMILES string of the molecule is O=C(c1cccc(F)c1F)n1ccc2cc(-c3nn[nH]n3)ccc21. The summed E-state index contributed by atoms with van der Waals surface area (Å²) in [5.74, 6) is -2.44. The van der Waals surface area contributed by atoms with E-state index in [1.807, 2.05) is 0 Å². The molecule has 0 radical (unpaired) electrons. The van der Waals surface area contributed by atoms with Crippen LogP contribution in [0.5, 0.6) is 0 Å². The Morgan fingerprint density at radius 1 is 1.12 bits per heavy atom. The Morgan fingerprint density at radius 3 is 2.79 bits per heavy atom. The summed E-state index contributed by atoms with van der Waals surface area (Å²) >= 11 is 0. The van der Waals surface area contributed by atoms with E-state index in [-0.39, 0.29) is 5.56 Å². The predicted octanol–water partition coefficient (Wildman–Crippen LogP) is 2.79. The number of benzene rings is 2. The summed E-state index contributed by atoms with van der Waals surface area (Å²) in [5.41, 5.74) is 0.962. The van der Waals surface area contributed by atoms with Crippen LogP contribution in [0, 0.1) is 11.6 Å². The molecule has 0 unspecified atom stereocenters. The summed E-state index contributed by atoms with van der Waals surface area (Å²) in [6, 6.07) is 10.4. The first kappa shape index (κ1) is 14.2. The molecule has 118 valence electrons. The second-order valence-electron chi connectivity index (χ2n) is 5.10. The van der Waals surface area contributed by atoms with Gasteiger partial charge in [0.15, 0.2) is 11.6 Å². The van der Waals surface area contributed by atoms with Gasteiger partial charge in [0, 0.05) is 17.1 Å². The number of aromatic nitrogens is 5. The topological polar surface area (TPSA) is 76.5 Å². The Balaban J connectivity index is 1.80. The number of nitrogens with one attached hydrogen (secondary N) is 1. The van der Waals surface area contributed by atoms with Crippen molar-refractivity contribution in [1.82, 2.24) is 25.2 Å². The molecule has 2 heterocycles. The summed E-state index contributed by atoms with van der Waals surface area (Å²) in [7, 11) is 0. The third-order valence-electron chi connectivity index (χ3n) is 3.69. The minimum atomic E-state index is -1.16. The standard InChI is InChI=1S/C16H9F2N5O/c17-12-3-1-2-11(14(12)18)16(24)23-7-6-9-8-10(4-5-13(9)23)15-19-21-22-20-15/h1-8H,(H,19,20,21,22). The van der Waals surface area contributed by atoms with E-state index < -0.39 is 17.5 Å². The molecule has 0 fully saturated rings. The summed E-state index contributed by atoms with van der Waals surface area (Å²) in [6.07, 6.45) is 1.51. The number of halogens is 2.